The van der Waals surface area contributed by atoms with Crippen molar-refractivity contribution in [3.63, 3.8) is 0 Å². The third kappa shape index (κ3) is 5.56. The molecule has 2 aliphatic carbocycles. The number of esters is 1. The summed E-state index contributed by atoms with van der Waals surface area (Å²) in [4.78, 5) is 26.5. The van der Waals surface area contributed by atoms with Crippen molar-refractivity contribution in [3.05, 3.63) is 111 Å². The maximum absolute atomic E-state index is 13.6. The van der Waals surface area contributed by atoms with Gasteiger partial charge in [-0.3, -0.25) is 4.79 Å². The van der Waals surface area contributed by atoms with Gasteiger partial charge in [0.1, 0.15) is 0 Å². The molecule has 1 amide bonds. The minimum Gasteiger partial charge on any atom is -0.444 e. The zero-order valence-electron chi connectivity index (χ0n) is 20.6. The van der Waals surface area contributed by atoms with Crippen molar-refractivity contribution in [3.8, 4) is 11.1 Å². The van der Waals surface area contributed by atoms with Crippen molar-refractivity contribution in [2.75, 3.05) is 5.32 Å². The Bertz CT molecular complexity index is 1380. The van der Waals surface area contributed by atoms with Crippen LogP contribution in [0.3, 0.4) is 0 Å². The predicted octanol–water partition coefficient (Wildman–Crippen LogP) is 8.38. The predicted molar refractivity (Wildman–Crippen MR) is 146 cm³/mol. The van der Waals surface area contributed by atoms with Crippen LogP contribution in [-0.2, 0) is 9.53 Å². The van der Waals surface area contributed by atoms with E-state index in [0.29, 0.717) is 32.8 Å². The molecule has 0 fully saturated rings. The topological polar surface area (TPSA) is 55.4 Å². The van der Waals surface area contributed by atoms with E-state index in [2.05, 4.69) is 37.4 Å². The smallest absolute Gasteiger partial charge is 0.339 e. The zero-order chi connectivity index (χ0) is 26.0. The Morgan fingerprint density at radius 1 is 0.778 bits per heavy atom. The Morgan fingerprint density at radius 3 is 1.97 bits per heavy atom. The Kier molecular flexibility index (Phi) is 7.67. The Hall–Kier alpha value is -3.34. The molecular weight excluding hydrogens is 493 g/mol. The molecule has 1 N–H and O–H groups in total. The van der Waals surface area contributed by atoms with Crippen LogP contribution in [0.5, 0.6) is 0 Å². The molecule has 1 unspecified atom stereocenters. The number of benzene rings is 2. The van der Waals surface area contributed by atoms with E-state index in [1.165, 1.54) is 5.56 Å². The zero-order valence-corrected chi connectivity index (χ0v) is 22.1. The van der Waals surface area contributed by atoms with Crippen LogP contribution in [0.25, 0.3) is 11.1 Å². The highest BCUT2D eigenvalue weighted by Gasteiger charge is 2.28. The maximum Gasteiger partial charge on any atom is 0.339 e. The molecule has 2 aliphatic rings. The average molecular weight is 520 g/mol. The molecule has 0 spiro atoms. The second kappa shape index (κ2) is 10.7. The number of fused-ring (bicyclic) bond motifs is 1. The standard InChI is InChI=1S/C30H27Cl2NO3/c1-17(2)22-6-5-18(3)27-25(16-22)19(4)15-26(27)33-29(34)28(20-7-11-23(31)12-8-20)36-30(35)21-9-13-24(32)14-10-21/h5-17,28H,1-4H3,(H,33,34). The summed E-state index contributed by atoms with van der Waals surface area (Å²) < 4.78 is 5.72. The van der Waals surface area contributed by atoms with Crippen LogP contribution in [0.15, 0.2) is 72.8 Å². The van der Waals surface area contributed by atoms with Crippen LogP contribution in [0, 0.1) is 13.8 Å². The van der Waals surface area contributed by atoms with E-state index >= 15 is 0 Å². The van der Waals surface area contributed by atoms with Gasteiger partial charge in [-0.2, -0.15) is 0 Å². The fourth-order valence-electron chi connectivity index (χ4n) is 4.17. The molecule has 0 saturated heterocycles. The first-order valence-electron chi connectivity index (χ1n) is 11.7. The van der Waals surface area contributed by atoms with Crippen LogP contribution >= 0.6 is 23.2 Å². The van der Waals surface area contributed by atoms with Crippen molar-refractivity contribution >= 4 is 40.8 Å². The highest BCUT2D eigenvalue weighted by molar-refractivity contribution is 6.30. The summed E-state index contributed by atoms with van der Waals surface area (Å²) in [7, 11) is 0. The maximum atomic E-state index is 13.6. The van der Waals surface area contributed by atoms with E-state index in [1.807, 2.05) is 19.9 Å². The number of hydrogen-bond acceptors (Lipinski definition) is 3. The highest BCUT2D eigenvalue weighted by atomic mass is 35.5. The van der Waals surface area contributed by atoms with Crippen LogP contribution in [-0.4, -0.2) is 11.9 Å². The number of carbonyl (C=O) groups excluding carboxylic acids is 2. The molecule has 2 aromatic carbocycles. The van der Waals surface area contributed by atoms with Crippen molar-refractivity contribution < 1.29 is 14.3 Å². The van der Waals surface area contributed by atoms with Crippen LogP contribution in [0.2, 0.25) is 10.0 Å². The fraction of sp³-hybridized carbons (Fsp3) is 0.200. The highest BCUT2D eigenvalue weighted by Crippen LogP contribution is 2.40. The number of ether oxygens (including phenoxy) is 1. The first-order valence-corrected chi connectivity index (χ1v) is 12.5. The Balaban J connectivity index is 1.68. The second-order valence-electron chi connectivity index (χ2n) is 9.18. The summed E-state index contributed by atoms with van der Waals surface area (Å²) >= 11 is 12.0. The number of hydrogen-bond donors (Lipinski definition) is 1. The summed E-state index contributed by atoms with van der Waals surface area (Å²) in [6.45, 7) is 8.37. The lowest BCUT2D eigenvalue weighted by Crippen LogP contribution is -2.26. The summed E-state index contributed by atoms with van der Waals surface area (Å²) in [6.07, 6.45) is -1.18. The molecule has 0 aromatic heterocycles. The third-order valence-electron chi connectivity index (χ3n) is 6.20. The van der Waals surface area contributed by atoms with Crippen molar-refractivity contribution in [2.24, 2.45) is 0 Å². The number of anilines is 1. The van der Waals surface area contributed by atoms with Crippen LogP contribution in [0.1, 0.15) is 58.5 Å². The molecule has 4 rings (SSSR count). The van der Waals surface area contributed by atoms with Gasteiger partial charge in [0.2, 0.25) is 6.10 Å². The first kappa shape index (κ1) is 25.7. The summed E-state index contributed by atoms with van der Waals surface area (Å²) in [5, 5.41) is 4.04. The molecule has 184 valence electrons. The van der Waals surface area contributed by atoms with E-state index in [4.69, 9.17) is 27.9 Å². The molecular formula is C30H27Cl2NO3. The fourth-order valence-corrected chi connectivity index (χ4v) is 4.42. The van der Waals surface area contributed by atoms with Crippen molar-refractivity contribution in [1.29, 1.82) is 0 Å². The molecule has 0 aliphatic heterocycles. The normalized spacial score (nSPS) is 12.0. The molecule has 6 heteroatoms. The molecule has 0 heterocycles. The second-order valence-corrected chi connectivity index (χ2v) is 10.1. The Labute approximate surface area is 221 Å². The average Bonchev–Trinajstić information content (AvgIpc) is 3.02. The number of halogens is 2. The van der Waals surface area contributed by atoms with E-state index in [9.17, 15) is 9.59 Å². The van der Waals surface area contributed by atoms with Gasteiger partial charge in [0, 0.05) is 26.9 Å². The number of amides is 1. The van der Waals surface area contributed by atoms with Gasteiger partial charge in [-0.15, -0.1) is 0 Å². The largest absolute Gasteiger partial charge is 0.444 e. The van der Waals surface area contributed by atoms with Gasteiger partial charge in [-0.1, -0.05) is 67.4 Å². The summed E-state index contributed by atoms with van der Waals surface area (Å²) in [6, 6.07) is 21.3. The van der Waals surface area contributed by atoms with E-state index in [-0.39, 0.29) is 0 Å². The number of nitrogens with one attached hydrogen (secondary N) is 1. The lowest BCUT2D eigenvalue weighted by atomic mass is 10.0. The minimum absolute atomic E-state index is 0.296. The van der Waals surface area contributed by atoms with Crippen LogP contribution < -0.4 is 5.32 Å². The van der Waals surface area contributed by atoms with Gasteiger partial charge in [0.15, 0.2) is 0 Å². The number of rotatable bonds is 6. The third-order valence-corrected chi connectivity index (χ3v) is 6.70. The molecule has 36 heavy (non-hydrogen) atoms. The van der Waals surface area contributed by atoms with E-state index in [0.717, 1.165) is 22.3 Å². The number of carbonyl (C=O) groups is 2. The molecule has 0 saturated carbocycles. The van der Waals surface area contributed by atoms with E-state index in [1.54, 1.807) is 48.5 Å². The van der Waals surface area contributed by atoms with Crippen LogP contribution in [0.4, 0.5) is 5.69 Å². The minimum atomic E-state index is -1.18. The summed E-state index contributed by atoms with van der Waals surface area (Å²) in [5.74, 6) is -0.718. The molecule has 4 nitrogen and oxygen atoms in total. The lowest BCUT2D eigenvalue weighted by Gasteiger charge is -2.19. The lowest BCUT2D eigenvalue weighted by molar-refractivity contribution is -0.125. The number of aryl methyl sites for hydroxylation is 2. The molecule has 0 radical (unpaired) electrons. The quantitative estimate of drug-likeness (QED) is 0.260. The summed E-state index contributed by atoms with van der Waals surface area (Å²) in [5.41, 5.74) is 6.85. The van der Waals surface area contributed by atoms with Crippen molar-refractivity contribution in [2.45, 2.75) is 39.7 Å². The van der Waals surface area contributed by atoms with Gasteiger partial charge >= 0.3 is 5.97 Å². The van der Waals surface area contributed by atoms with Gasteiger partial charge in [0.25, 0.3) is 5.91 Å². The Morgan fingerprint density at radius 2 is 1.36 bits per heavy atom. The van der Waals surface area contributed by atoms with Gasteiger partial charge in [-0.25, -0.2) is 4.79 Å². The first-order chi connectivity index (χ1) is 17.1. The van der Waals surface area contributed by atoms with Crippen molar-refractivity contribution in [1.82, 2.24) is 0 Å². The van der Waals surface area contributed by atoms with E-state index < -0.39 is 18.0 Å². The SMILES string of the molecule is Cc1cc(NC(=O)C(OC(=O)c2ccc(Cl)cc2)c2ccc(Cl)cc2)c2c(C)ccc(C(C)C)cc1-2. The van der Waals surface area contributed by atoms with Gasteiger partial charge in [0.05, 0.1) is 5.56 Å². The molecule has 0 bridgehead atoms. The van der Waals surface area contributed by atoms with Gasteiger partial charge < -0.3 is 10.1 Å². The molecule has 1 atom stereocenters. The molecule has 2 aromatic rings. The van der Waals surface area contributed by atoms with Gasteiger partial charge in [-0.05, 0) is 84.5 Å². The monoisotopic (exact) mass is 519 g/mol.